The van der Waals surface area contributed by atoms with Crippen molar-refractivity contribution in [2.45, 2.75) is 6.54 Å². The van der Waals surface area contributed by atoms with E-state index < -0.39 is 5.91 Å². The maximum absolute atomic E-state index is 14.2. The Morgan fingerprint density at radius 1 is 1.18 bits per heavy atom. The molecule has 0 atom stereocenters. The topological polar surface area (TPSA) is 85.3 Å². The van der Waals surface area contributed by atoms with Crippen molar-refractivity contribution < 1.29 is 9.18 Å². The standard InChI is InChI=1S/C20H15BFN5O/c21-15-11-25-27-18(24-10-12-5-7-13(8-6-12)19(23)28)9-17(26-20(15)27)14-3-1-2-4-16(14)22/h1-9,11,24H,10H2,(H2,23,28). The van der Waals surface area contributed by atoms with Crippen LogP contribution in [0.3, 0.4) is 0 Å². The number of carbonyl (C=O) groups excluding carboxylic acids is 1. The number of fused-ring (bicyclic) bond motifs is 1. The van der Waals surface area contributed by atoms with Crippen molar-refractivity contribution in [3.05, 3.63) is 77.7 Å². The molecule has 28 heavy (non-hydrogen) atoms. The third-order valence-corrected chi connectivity index (χ3v) is 4.36. The molecule has 1 amide bonds. The number of benzene rings is 2. The number of anilines is 1. The summed E-state index contributed by atoms with van der Waals surface area (Å²) in [4.78, 5) is 15.6. The van der Waals surface area contributed by atoms with Crippen LogP contribution in [0.25, 0.3) is 16.9 Å². The molecule has 0 aliphatic heterocycles. The van der Waals surface area contributed by atoms with Gasteiger partial charge in [0.05, 0.1) is 5.69 Å². The van der Waals surface area contributed by atoms with Gasteiger partial charge in [-0.2, -0.15) is 9.61 Å². The number of hydrogen-bond donors (Lipinski definition) is 2. The summed E-state index contributed by atoms with van der Waals surface area (Å²) in [5.74, 6) is -0.235. The van der Waals surface area contributed by atoms with Crippen molar-refractivity contribution in [3.63, 3.8) is 0 Å². The highest BCUT2D eigenvalue weighted by atomic mass is 19.1. The van der Waals surface area contributed by atoms with Gasteiger partial charge in [0.25, 0.3) is 0 Å². The monoisotopic (exact) mass is 371 g/mol. The maximum atomic E-state index is 14.2. The predicted octanol–water partition coefficient (Wildman–Crippen LogP) is 2.04. The second kappa shape index (κ2) is 7.15. The Kier molecular flexibility index (Phi) is 4.53. The van der Waals surface area contributed by atoms with E-state index in [9.17, 15) is 9.18 Å². The third kappa shape index (κ3) is 3.32. The summed E-state index contributed by atoms with van der Waals surface area (Å²) < 4.78 is 15.8. The summed E-state index contributed by atoms with van der Waals surface area (Å²) in [5, 5.41) is 7.50. The van der Waals surface area contributed by atoms with Crippen LogP contribution in [0.4, 0.5) is 10.2 Å². The highest BCUT2D eigenvalue weighted by Crippen LogP contribution is 2.24. The van der Waals surface area contributed by atoms with Gasteiger partial charge in [-0.3, -0.25) is 4.79 Å². The van der Waals surface area contributed by atoms with Gasteiger partial charge in [0.15, 0.2) is 5.65 Å². The van der Waals surface area contributed by atoms with Crippen LogP contribution < -0.4 is 16.5 Å². The van der Waals surface area contributed by atoms with Crippen LogP contribution >= 0.6 is 0 Å². The van der Waals surface area contributed by atoms with Crippen LogP contribution in [0.15, 0.2) is 60.8 Å². The van der Waals surface area contributed by atoms with Crippen molar-refractivity contribution in [1.82, 2.24) is 14.6 Å². The molecule has 0 saturated heterocycles. The minimum absolute atomic E-state index is 0.370. The number of carbonyl (C=O) groups is 1. The molecule has 0 aliphatic rings. The fourth-order valence-corrected chi connectivity index (χ4v) is 2.89. The average Bonchev–Trinajstić information content (AvgIpc) is 3.08. The number of hydrogen-bond acceptors (Lipinski definition) is 4. The van der Waals surface area contributed by atoms with E-state index in [0.717, 1.165) is 5.56 Å². The summed E-state index contributed by atoms with van der Waals surface area (Å²) in [7, 11) is 5.97. The normalized spacial score (nSPS) is 10.9. The molecule has 4 aromatic rings. The molecule has 3 N–H and O–H groups in total. The Balaban J connectivity index is 1.69. The first-order valence-electron chi connectivity index (χ1n) is 8.54. The van der Waals surface area contributed by atoms with E-state index in [4.69, 9.17) is 13.6 Å². The zero-order valence-electron chi connectivity index (χ0n) is 14.8. The largest absolute Gasteiger partial charge is 0.366 e. The fourth-order valence-electron chi connectivity index (χ4n) is 2.89. The van der Waals surface area contributed by atoms with Gasteiger partial charge < -0.3 is 11.1 Å². The molecule has 8 heteroatoms. The predicted molar refractivity (Wildman–Crippen MR) is 106 cm³/mol. The Bertz CT molecular complexity index is 1170. The van der Waals surface area contributed by atoms with E-state index >= 15 is 0 Å². The fraction of sp³-hybridized carbons (Fsp3) is 0.0500. The molecule has 0 bridgehead atoms. The van der Waals surface area contributed by atoms with Gasteiger partial charge in [-0.25, -0.2) is 9.37 Å². The van der Waals surface area contributed by atoms with E-state index in [1.807, 2.05) is 0 Å². The van der Waals surface area contributed by atoms with Crippen LogP contribution in [-0.2, 0) is 6.54 Å². The molecular weight excluding hydrogens is 356 g/mol. The van der Waals surface area contributed by atoms with Crippen LogP contribution in [-0.4, -0.2) is 28.4 Å². The summed E-state index contributed by atoms with van der Waals surface area (Å²) >= 11 is 0. The quantitative estimate of drug-likeness (QED) is 0.526. The van der Waals surface area contributed by atoms with Gasteiger partial charge in [0, 0.05) is 29.9 Å². The second-order valence-electron chi connectivity index (χ2n) is 6.26. The molecule has 0 aliphatic carbocycles. The van der Waals surface area contributed by atoms with E-state index in [1.165, 1.54) is 12.3 Å². The lowest BCUT2D eigenvalue weighted by Gasteiger charge is -2.12. The number of rotatable bonds is 5. The molecule has 2 aromatic heterocycles. The van der Waals surface area contributed by atoms with Gasteiger partial charge in [-0.15, -0.1) is 0 Å². The lowest BCUT2D eigenvalue weighted by Crippen LogP contribution is -2.11. The Labute approximate surface area is 161 Å². The Morgan fingerprint density at radius 3 is 2.64 bits per heavy atom. The minimum atomic E-state index is -0.475. The number of aromatic nitrogens is 3. The van der Waals surface area contributed by atoms with E-state index in [0.29, 0.717) is 40.3 Å². The third-order valence-electron chi connectivity index (χ3n) is 4.36. The lowest BCUT2D eigenvalue weighted by atomic mass is 10.0. The number of primary amides is 1. The molecule has 0 fully saturated rings. The molecule has 4 rings (SSSR count). The zero-order chi connectivity index (χ0) is 19.7. The second-order valence-corrected chi connectivity index (χ2v) is 6.26. The lowest BCUT2D eigenvalue weighted by molar-refractivity contribution is 0.100. The Hall–Kier alpha value is -3.68. The van der Waals surface area contributed by atoms with Crippen molar-refractivity contribution in [2.24, 2.45) is 5.73 Å². The summed E-state index contributed by atoms with van der Waals surface area (Å²) in [6, 6.07) is 15.1. The first kappa shape index (κ1) is 17.7. The molecule has 0 spiro atoms. The molecule has 0 unspecified atom stereocenters. The van der Waals surface area contributed by atoms with Gasteiger partial charge >= 0.3 is 0 Å². The molecule has 0 saturated carbocycles. The molecule has 2 aromatic carbocycles. The van der Waals surface area contributed by atoms with Crippen molar-refractivity contribution in [1.29, 1.82) is 0 Å². The summed E-state index contributed by atoms with van der Waals surface area (Å²) in [5.41, 5.74) is 8.29. The van der Waals surface area contributed by atoms with Gasteiger partial charge in [-0.05, 0) is 35.3 Å². The van der Waals surface area contributed by atoms with Crippen LogP contribution in [0, 0.1) is 5.82 Å². The van der Waals surface area contributed by atoms with Crippen LogP contribution in [0.5, 0.6) is 0 Å². The number of halogens is 1. The highest BCUT2D eigenvalue weighted by Gasteiger charge is 2.13. The smallest absolute Gasteiger partial charge is 0.248 e. The van der Waals surface area contributed by atoms with E-state index in [-0.39, 0.29) is 5.82 Å². The number of amides is 1. The Morgan fingerprint density at radius 2 is 1.93 bits per heavy atom. The van der Waals surface area contributed by atoms with Gasteiger partial charge in [0.2, 0.25) is 5.91 Å². The summed E-state index contributed by atoms with van der Waals surface area (Å²) in [6.07, 6.45) is 1.50. The highest BCUT2D eigenvalue weighted by molar-refractivity contribution is 6.36. The maximum Gasteiger partial charge on any atom is 0.248 e. The van der Waals surface area contributed by atoms with Gasteiger partial charge in [-0.1, -0.05) is 24.3 Å². The van der Waals surface area contributed by atoms with E-state index in [2.05, 4.69) is 15.4 Å². The number of nitrogens with one attached hydrogen (secondary N) is 1. The van der Waals surface area contributed by atoms with Crippen LogP contribution in [0.1, 0.15) is 15.9 Å². The molecule has 136 valence electrons. The van der Waals surface area contributed by atoms with Gasteiger partial charge in [0.1, 0.15) is 19.5 Å². The first-order chi connectivity index (χ1) is 13.5. The summed E-state index contributed by atoms with van der Waals surface area (Å²) in [6.45, 7) is 0.453. The van der Waals surface area contributed by atoms with Crippen molar-refractivity contribution in [2.75, 3.05) is 5.32 Å². The average molecular weight is 371 g/mol. The van der Waals surface area contributed by atoms with Crippen LogP contribution in [0.2, 0.25) is 0 Å². The molecular formula is C20H15BFN5O. The molecule has 2 heterocycles. The van der Waals surface area contributed by atoms with Crippen molar-refractivity contribution in [3.8, 4) is 11.3 Å². The molecule has 6 nitrogen and oxygen atoms in total. The number of nitrogens with two attached hydrogens (primary N) is 1. The number of nitrogens with zero attached hydrogens (tertiary/aromatic N) is 3. The van der Waals surface area contributed by atoms with E-state index in [1.54, 1.807) is 53.0 Å². The zero-order valence-corrected chi connectivity index (χ0v) is 14.8. The first-order valence-corrected chi connectivity index (χ1v) is 8.54. The minimum Gasteiger partial charge on any atom is -0.366 e. The molecule has 2 radical (unpaired) electrons. The SMILES string of the molecule is [B]c1cnn2c(NCc3ccc(C(N)=O)cc3)cc(-c3ccccc3F)nc12. The van der Waals surface area contributed by atoms with Crippen molar-refractivity contribution >= 4 is 30.7 Å².